The Morgan fingerprint density at radius 3 is 2.50 bits per heavy atom. The number of alkyl halides is 2. The molecule has 1 aromatic rings. The van der Waals surface area contributed by atoms with Crippen LogP contribution in [0.4, 0.5) is 14.5 Å². The summed E-state index contributed by atoms with van der Waals surface area (Å²) >= 11 is 0. The van der Waals surface area contributed by atoms with E-state index in [0.29, 0.717) is 18.5 Å². The van der Waals surface area contributed by atoms with Crippen molar-refractivity contribution in [3.05, 3.63) is 29.8 Å². The standard InChI is InChI=1S/C12H13F2NO/c13-12(14)6-1-7-15(9-12)11-4-2-10(8-16)3-5-11/h2-5,8H,1,6-7,9H2. The van der Waals surface area contributed by atoms with Crippen LogP contribution in [-0.4, -0.2) is 25.3 Å². The van der Waals surface area contributed by atoms with Crippen LogP contribution in [0.5, 0.6) is 0 Å². The third-order valence-corrected chi connectivity index (χ3v) is 2.79. The molecule has 0 atom stereocenters. The Bertz CT molecular complexity index is 375. The molecule has 0 amide bonds. The van der Waals surface area contributed by atoms with Crippen molar-refractivity contribution in [3.8, 4) is 0 Å². The van der Waals surface area contributed by atoms with E-state index in [0.717, 1.165) is 12.0 Å². The van der Waals surface area contributed by atoms with E-state index < -0.39 is 5.92 Å². The summed E-state index contributed by atoms with van der Waals surface area (Å²) in [7, 11) is 0. The molecule has 0 unspecified atom stereocenters. The number of piperidine rings is 1. The van der Waals surface area contributed by atoms with Crippen LogP contribution in [0.1, 0.15) is 23.2 Å². The lowest BCUT2D eigenvalue weighted by molar-refractivity contribution is -0.0116. The van der Waals surface area contributed by atoms with Gasteiger partial charge < -0.3 is 4.90 Å². The van der Waals surface area contributed by atoms with Crippen LogP contribution >= 0.6 is 0 Å². The highest BCUT2D eigenvalue weighted by Crippen LogP contribution is 2.29. The summed E-state index contributed by atoms with van der Waals surface area (Å²) in [5, 5.41) is 0. The second kappa shape index (κ2) is 4.20. The highest BCUT2D eigenvalue weighted by molar-refractivity contribution is 5.75. The van der Waals surface area contributed by atoms with Crippen LogP contribution in [-0.2, 0) is 0 Å². The first-order valence-electron chi connectivity index (χ1n) is 5.29. The van der Waals surface area contributed by atoms with Gasteiger partial charge in [0.15, 0.2) is 0 Å². The Kier molecular flexibility index (Phi) is 2.90. The molecule has 0 radical (unpaired) electrons. The van der Waals surface area contributed by atoms with E-state index in [2.05, 4.69) is 0 Å². The number of aldehydes is 1. The highest BCUT2D eigenvalue weighted by atomic mass is 19.3. The monoisotopic (exact) mass is 225 g/mol. The van der Waals surface area contributed by atoms with Crippen molar-refractivity contribution in [2.75, 3.05) is 18.0 Å². The molecule has 2 nitrogen and oxygen atoms in total. The number of carbonyl (C=O) groups is 1. The zero-order valence-electron chi connectivity index (χ0n) is 8.83. The van der Waals surface area contributed by atoms with E-state index >= 15 is 0 Å². The Labute approximate surface area is 92.9 Å². The number of nitrogens with zero attached hydrogens (tertiary/aromatic N) is 1. The molecule has 0 aromatic heterocycles. The summed E-state index contributed by atoms with van der Waals surface area (Å²) in [4.78, 5) is 12.1. The molecule has 16 heavy (non-hydrogen) atoms. The van der Waals surface area contributed by atoms with E-state index in [9.17, 15) is 13.6 Å². The average Bonchev–Trinajstić information content (AvgIpc) is 2.28. The molecule has 0 bridgehead atoms. The van der Waals surface area contributed by atoms with Gasteiger partial charge in [0.2, 0.25) is 0 Å². The fraction of sp³-hybridized carbons (Fsp3) is 0.417. The lowest BCUT2D eigenvalue weighted by Crippen LogP contribution is -2.42. The first kappa shape index (κ1) is 11.0. The van der Waals surface area contributed by atoms with Gasteiger partial charge in [0.05, 0.1) is 6.54 Å². The second-order valence-corrected chi connectivity index (χ2v) is 4.09. The van der Waals surface area contributed by atoms with Crippen molar-refractivity contribution >= 4 is 12.0 Å². The van der Waals surface area contributed by atoms with E-state index in [4.69, 9.17) is 0 Å². The second-order valence-electron chi connectivity index (χ2n) is 4.09. The molecule has 1 heterocycles. The minimum atomic E-state index is -2.60. The van der Waals surface area contributed by atoms with Gasteiger partial charge in [0, 0.05) is 24.2 Å². The molecule has 0 spiro atoms. The molecule has 1 aliphatic rings. The Hall–Kier alpha value is -1.45. The third kappa shape index (κ3) is 2.38. The average molecular weight is 225 g/mol. The molecular weight excluding hydrogens is 212 g/mol. The number of carbonyl (C=O) groups excluding carboxylic acids is 1. The van der Waals surface area contributed by atoms with E-state index in [1.165, 1.54) is 0 Å². The molecule has 1 aromatic carbocycles. The predicted molar refractivity (Wildman–Crippen MR) is 58.2 cm³/mol. The maximum absolute atomic E-state index is 13.2. The van der Waals surface area contributed by atoms with Crippen LogP contribution in [0.2, 0.25) is 0 Å². The summed E-state index contributed by atoms with van der Waals surface area (Å²) in [6, 6.07) is 6.72. The molecular formula is C12H13F2NO. The van der Waals surface area contributed by atoms with Crippen LogP contribution in [0, 0.1) is 0 Å². The lowest BCUT2D eigenvalue weighted by Gasteiger charge is -2.34. The molecule has 0 saturated carbocycles. The topological polar surface area (TPSA) is 20.3 Å². The summed E-state index contributed by atoms with van der Waals surface area (Å²) in [5.41, 5.74) is 1.32. The minimum Gasteiger partial charge on any atom is -0.365 e. The zero-order valence-corrected chi connectivity index (χ0v) is 8.83. The van der Waals surface area contributed by atoms with Gasteiger partial charge >= 0.3 is 0 Å². The Balaban J connectivity index is 2.14. The van der Waals surface area contributed by atoms with Gasteiger partial charge in [-0.1, -0.05) is 0 Å². The maximum Gasteiger partial charge on any atom is 0.265 e. The fourth-order valence-electron chi connectivity index (χ4n) is 1.95. The van der Waals surface area contributed by atoms with Gasteiger partial charge in [0.1, 0.15) is 6.29 Å². The van der Waals surface area contributed by atoms with Gasteiger partial charge in [-0.15, -0.1) is 0 Å². The SMILES string of the molecule is O=Cc1ccc(N2CCCC(F)(F)C2)cc1. The fourth-order valence-corrected chi connectivity index (χ4v) is 1.95. The van der Waals surface area contributed by atoms with E-state index in [1.807, 2.05) is 0 Å². The van der Waals surface area contributed by atoms with Gasteiger partial charge in [-0.3, -0.25) is 4.79 Å². The largest absolute Gasteiger partial charge is 0.365 e. The third-order valence-electron chi connectivity index (χ3n) is 2.79. The first-order chi connectivity index (χ1) is 7.61. The number of anilines is 1. The summed E-state index contributed by atoms with van der Waals surface area (Å²) in [5.74, 6) is -2.60. The van der Waals surface area contributed by atoms with E-state index in [1.54, 1.807) is 29.2 Å². The quantitative estimate of drug-likeness (QED) is 0.721. The molecule has 0 aliphatic carbocycles. The molecule has 2 rings (SSSR count). The number of rotatable bonds is 2. The molecule has 1 saturated heterocycles. The van der Waals surface area contributed by atoms with E-state index in [-0.39, 0.29) is 13.0 Å². The zero-order chi connectivity index (χ0) is 11.6. The number of benzene rings is 1. The van der Waals surface area contributed by atoms with Crippen LogP contribution in [0.3, 0.4) is 0 Å². The number of hydrogen-bond acceptors (Lipinski definition) is 2. The minimum absolute atomic E-state index is 0.0318. The summed E-state index contributed by atoms with van der Waals surface area (Å²) in [6.07, 6.45) is 1.22. The molecule has 4 heteroatoms. The molecule has 1 aliphatic heterocycles. The van der Waals surface area contributed by atoms with Crippen molar-refractivity contribution in [1.82, 2.24) is 0 Å². The van der Waals surface area contributed by atoms with Crippen LogP contribution in [0.15, 0.2) is 24.3 Å². The van der Waals surface area contributed by atoms with Gasteiger partial charge in [-0.25, -0.2) is 8.78 Å². The normalized spacial score (nSPS) is 19.5. The van der Waals surface area contributed by atoms with Crippen LogP contribution < -0.4 is 4.90 Å². The van der Waals surface area contributed by atoms with Gasteiger partial charge in [0.25, 0.3) is 5.92 Å². The number of hydrogen-bond donors (Lipinski definition) is 0. The molecule has 86 valence electrons. The van der Waals surface area contributed by atoms with Crippen molar-refractivity contribution in [1.29, 1.82) is 0 Å². The highest BCUT2D eigenvalue weighted by Gasteiger charge is 2.35. The van der Waals surface area contributed by atoms with Crippen molar-refractivity contribution in [3.63, 3.8) is 0 Å². The van der Waals surface area contributed by atoms with Crippen LogP contribution in [0.25, 0.3) is 0 Å². The maximum atomic E-state index is 13.2. The predicted octanol–water partition coefficient (Wildman–Crippen LogP) is 2.73. The lowest BCUT2D eigenvalue weighted by atomic mass is 10.1. The molecule has 0 N–H and O–H groups in total. The van der Waals surface area contributed by atoms with Crippen molar-refractivity contribution < 1.29 is 13.6 Å². The Morgan fingerprint density at radius 1 is 1.25 bits per heavy atom. The summed E-state index contributed by atoms with van der Waals surface area (Å²) < 4.78 is 26.4. The van der Waals surface area contributed by atoms with Gasteiger partial charge in [-0.2, -0.15) is 0 Å². The Morgan fingerprint density at radius 2 is 1.94 bits per heavy atom. The molecule has 1 fully saturated rings. The number of halogens is 2. The summed E-state index contributed by atoms with van der Waals surface area (Å²) in [6.45, 7) is 0.420. The first-order valence-corrected chi connectivity index (χ1v) is 5.29. The van der Waals surface area contributed by atoms with Crippen molar-refractivity contribution in [2.45, 2.75) is 18.8 Å². The smallest absolute Gasteiger partial charge is 0.265 e. The van der Waals surface area contributed by atoms with Gasteiger partial charge in [-0.05, 0) is 30.7 Å². The van der Waals surface area contributed by atoms with Crippen molar-refractivity contribution in [2.24, 2.45) is 0 Å².